The van der Waals surface area contributed by atoms with Crippen molar-refractivity contribution in [3.8, 4) is 0 Å². The zero-order valence-corrected chi connectivity index (χ0v) is 12.1. The number of anilines is 1. The molecule has 1 heterocycles. The van der Waals surface area contributed by atoms with Crippen molar-refractivity contribution in [1.29, 1.82) is 5.41 Å². The van der Waals surface area contributed by atoms with Crippen LogP contribution in [0.2, 0.25) is 0 Å². The van der Waals surface area contributed by atoms with Crippen LogP contribution in [0, 0.1) is 12.3 Å². The third kappa shape index (κ3) is 2.89. The van der Waals surface area contributed by atoms with Crippen LogP contribution in [0.25, 0.3) is 0 Å². The van der Waals surface area contributed by atoms with E-state index in [0.717, 1.165) is 37.3 Å². The molecular weight excluding hydrogens is 236 g/mol. The highest BCUT2D eigenvalue weighted by atomic mass is 15.3. The Morgan fingerprint density at radius 1 is 1.42 bits per heavy atom. The molecule has 4 nitrogen and oxygen atoms in total. The smallest absolute Gasteiger partial charge is 0.123 e. The molecule has 3 N–H and O–H groups in total. The lowest BCUT2D eigenvalue weighted by Crippen LogP contribution is -2.51. The van der Waals surface area contributed by atoms with Crippen molar-refractivity contribution in [1.82, 2.24) is 4.90 Å². The molecule has 0 aromatic heterocycles. The maximum atomic E-state index is 7.53. The Hall–Kier alpha value is -1.55. The molecule has 0 amide bonds. The normalized spacial score (nSPS) is 20.6. The van der Waals surface area contributed by atoms with Crippen molar-refractivity contribution >= 4 is 11.5 Å². The first-order chi connectivity index (χ1) is 9.02. The number of aryl methyl sites for hydroxylation is 1. The summed E-state index contributed by atoms with van der Waals surface area (Å²) in [5, 5.41) is 7.53. The number of hydrogen-bond acceptors (Lipinski definition) is 3. The lowest BCUT2D eigenvalue weighted by molar-refractivity contribution is 0.199. The van der Waals surface area contributed by atoms with Crippen molar-refractivity contribution in [2.45, 2.75) is 26.8 Å². The third-order valence-electron chi connectivity index (χ3n) is 4.04. The quantitative estimate of drug-likeness (QED) is 0.644. The van der Waals surface area contributed by atoms with E-state index in [1.807, 2.05) is 13.0 Å². The maximum Gasteiger partial charge on any atom is 0.123 e. The SMILES string of the molecule is CCN1CCN(c2ccc(C(=N)N)c(C)c2)CC1C. The third-order valence-corrected chi connectivity index (χ3v) is 4.04. The monoisotopic (exact) mass is 260 g/mol. The highest BCUT2D eigenvalue weighted by molar-refractivity contribution is 5.96. The number of nitrogens with two attached hydrogens (primary N) is 1. The average molecular weight is 260 g/mol. The van der Waals surface area contributed by atoms with Crippen LogP contribution in [-0.2, 0) is 0 Å². The molecule has 1 saturated heterocycles. The minimum absolute atomic E-state index is 0.147. The molecule has 1 aliphatic rings. The van der Waals surface area contributed by atoms with E-state index in [1.54, 1.807) is 0 Å². The van der Waals surface area contributed by atoms with Crippen LogP contribution in [0.4, 0.5) is 5.69 Å². The lowest BCUT2D eigenvalue weighted by Gasteiger charge is -2.40. The minimum atomic E-state index is 0.147. The first-order valence-corrected chi connectivity index (χ1v) is 6.97. The van der Waals surface area contributed by atoms with Gasteiger partial charge < -0.3 is 10.6 Å². The van der Waals surface area contributed by atoms with Gasteiger partial charge in [-0.25, -0.2) is 0 Å². The lowest BCUT2D eigenvalue weighted by atomic mass is 10.1. The molecular formula is C15H24N4. The van der Waals surface area contributed by atoms with Gasteiger partial charge in [0.25, 0.3) is 0 Å². The number of hydrogen-bond donors (Lipinski definition) is 2. The molecule has 104 valence electrons. The van der Waals surface area contributed by atoms with E-state index < -0.39 is 0 Å². The fourth-order valence-corrected chi connectivity index (χ4v) is 2.85. The van der Waals surface area contributed by atoms with Gasteiger partial charge in [0.2, 0.25) is 0 Å². The summed E-state index contributed by atoms with van der Waals surface area (Å²) in [5.74, 6) is 0.147. The first kappa shape index (κ1) is 13.9. The van der Waals surface area contributed by atoms with Crippen molar-refractivity contribution in [2.75, 3.05) is 31.1 Å². The summed E-state index contributed by atoms with van der Waals surface area (Å²) < 4.78 is 0. The number of piperazine rings is 1. The molecule has 4 heteroatoms. The molecule has 1 unspecified atom stereocenters. The van der Waals surface area contributed by atoms with Crippen LogP contribution in [0.5, 0.6) is 0 Å². The van der Waals surface area contributed by atoms with Crippen molar-refractivity contribution in [3.63, 3.8) is 0 Å². The summed E-state index contributed by atoms with van der Waals surface area (Å²) in [6.45, 7) is 10.9. The summed E-state index contributed by atoms with van der Waals surface area (Å²) in [6, 6.07) is 6.78. The van der Waals surface area contributed by atoms with Gasteiger partial charge in [0, 0.05) is 36.9 Å². The van der Waals surface area contributed by atoms with Crippen LogP contribution >= 0.6 is 0 Å². The van der Waals surface area contributed by atoms with Crippen LogP contribution in [-0.4, -0.2) is 43.0 Å². The van der Waals surface area contributed by atoms with Gasteiger partial charge in [-0.15, -0.1) is 0 Å². The number of rotatable bonds is 3. The summed E-state index contributed by atoms with van der Waals surface area (Å²) >= 11 is 0. The Balaban J connectivity index is 2.15. The minimum Gasteiger partial charge on any atom is -0.384 e. The second-order valence-electron chi connectivity index (χ2n) is 5.34. The number of nitrogens with zero attached hydrogens (tertiary/aromatic N) is 2. The zero-order valence-electron chi connectivity index (χ0n) is 12.1. The molecule has 1 aliphatic heterocycles. The highest BCUT2D eigenvalue weighted by Gasteiger charge is 2.22. The second kappa shape index (κ2) is 5.61. The number of benzene rings is 1. The van der Waals surface area contributed by atoms with E-state index in [9.17, 15) is 0 Å². The van der Waals surface area contributed by atoms with Gasteiger partial charge in [-0.2, -0.15) is 0 Å². The molecule has 0 spiro atoms. The van der Waals surface area contributed by atoms with Gasteiger partial charge in [0.15, 0.2) is 0 Å². The Bertz CT molecular complexity index is 469. The zero-order chi connectivity index (χ0) is 14.0. The Kier molecular flexibility index (Phi) is 4.10. The number of amidine groups is 1. The van der Waals surface area contributed by atoms with Gasteiger partial charge in [0.05, 0.1) is 0 Å². The van der Waals surface area contributed by atoms with Crippen LogP contribution < -0.4 is 10.6 Å². The highest BCUT2D eigenvalue weighted by Crippen LogP contribution is 2.22. The molecule has 0 bridgehead atoms. The summed E-state index contributed by atoms with van der Waals surface area (Å²) in [7, 11) is 0. The van der Waals surface area contributed by atoms with E-state index in [2.05, 4.69) is 35.8 Å². The van der Waals surface area contributed by atoms with Gasteiger partial charge in [-0.05, 0) is 44.2 Å². The van der Waals surface area contributed by atoms with E-state index in [0.29, 0.717) is 6.04 Å². The van der Waals surface area contributed by atoms with Gasteiger partial charge in [-0.1, -0.05) is 6.92 Å². The summed E-state index contributed by atoms with van der Waals surface area (Å²) in [5.41, 5.74) is 8.72. The fourth-order valence-electron chi connectivity index (χ4n) is 2.85. The Morgan fingerprint density at radius 2 is 2.16 bits per heavy atom. The van der Waals surface area contributed by atoms with Crippen LogP contribution in [0.1, 0.15) is 25.0 Å². The fraction of sp³-hybridized carbons (Fsp3) is 0.533. The van der Waals surface area contributed by atoms with E-state index in [4.69, 9.17) is 11.1 Å². The molecule has 1 fully saturated rings. The number of nitrogens with one attached hydrogen (secondary N) is 1. The molecule has 0 aliphatic carbocycles. The molecule has 0 radical (unpaired) electrons. The number of nitrogen functional groups attached to an aromatic ring is 1. The summed E-state index contributed by atoms with van der Waals surface area (Å²) in [6.07, 6.45) is 0. The largest absolute Gasteiger partial charge is 0.384 e. The van der Waals surface area contributed by atoms with Crippen molar-refractivity contribution in [2.24, 2.45) is 5.73 Å². The molecule has 2 rings (SSSR count). The molecule has 1 aromatic carbocycles. The van der Waals surface area contributed by atoms with E-state index in [-0.39, 0.29) is 5.84 Å². The van der Waals surface area contributed by atoms with Crippen molar-refractivity contribution < 1.29 is 0 Å². The van der Waals surface area contributed by atoms with Crippen molar-refractivity contribution in [3.05, 3.63) is 29.3 Å². The predicted octanol–water partition coefficient (Wildman–Crippen LogP) is 1.81. The topological polar surface area (TPSA) is 56.4 Å². The van der Waals surface area contributed by atoms with Crippen LogP contribution in [0.3, 0.4) is 0 Å². The predicted molar refractivity (Wildman–Crippen MR) is 81.1 cm³/mol. The molecule has 1 aromatic rings. The second-order valence-corrected chi connectivity index (χ2v) is 5.34. The molecule has 19 heavy (non-hydrogen) atoms. The Labute approximate surface area is 115 Å². The maximum absolute atomic E-state index is 7.53. The molecule has 1 atom stereocenters. The summed E-state index contributed by atoms with van der Waals surface area (Å²) in [4.78, 5) is 4.93. The Morgan fingerprint density at radius 3 is 2.68 bits per heavy atom. The average Bonchev–Trinajstić information content (AvgIpc) is 2.38. The standard InChI is InChI=1S/C15H24N4/c1-4-18-7-8-19(10-12(18)3)13-5-6-14(15(16)17)11(2)9-13/h5-6,9,12H,4,7-8,10H2,1-3H3,(H3,16,17). The van der Waals surface area contributed by atoms with Crippen LogP contribution in [0.15, 0.2) is 18.2 Å². The first-order valence-electron chi connectivity index (χ1n) is 6.97. The van der Waals surface area contributed by atoms with E-state index in [1.165, 1.54) is 5.69 Å². The molecule has 0 saturated carbocycles. The van der Waals surface area contributed by atoms with E-state index >= 15 is 0 Å². The number of likely N-dealkylation sites (N-methyl/N-ethyl adjacent to an activating group) is 1. The van der Waals surface area contributed by atoms with Gasteiger partial charge in [-0.3, -0.25) is 10.3 Å². The van der Waals surface area contributed by atoms with Gasteiger partial charge >= 0.3 is 0 Å². The van der Waals surface area contributed by atoms with Gasteiger partial charge in [0.1, 0.15) is 5.84 Å².